The minimum atomic E-state index is -1.13. The molecule has 1 heterocycles. The van der Waals surface area contributed by atoms with Gasteiger partial charge in [0.05, 0.1) is 17.3 Å². The number of rotatable bonds is 3. The zero-order valence-electron chi connectivity index (χ0n) is 26.8. The van der Waals surface area contributed by atoms with Crippen LogP contribution in [-0.2, 0) is 14.3 Å². The van der Waals surface area contributed by atoms with E-state index < -0.39 is 16.8 Å². The Balaban J connectivity index is 0.00000220. The third-order valence-electron chi connectivity index (χ3n) is 14.0. The van der Waals surface area contributed by atoms with Gasteiger partial charge in [-0.1, -0.05) is 46.5 Å². The molecule has 5 fully saturated rings. The van der Waals surface area contributed by atoms with Crippen LogP contribution in [0.5, 0.6) is 0 Å². The summed E-state index contributed by atoms with van der Waals surface area (Å²) in [6.45, 7) is 24.0. The molecular weight excluding hydrogens is 930 g/mol. The van der Waals surface area contributed by atoms with Crippen molar-refractivity contribution in [3.8, 4) is 0 Å². The van der Waals surface area contributed by atoms with Gasteiger partial charge in [0.2, 0.25) is 0 Å². The first kappa shape index (κ1) is 36.7. The minimum Gasteiger partial charge on any atom is -0.462 e. The van der Waals surface area contributed by atoms with Crippen molar-refractivity contribution in [1.82, 2.24) is 0 Å². The van der Waals surface area contributed by atoms with Gasteiger partial charge in [-0.25, -0.2) is 0 Å². The van der Waals surface area contributed by atoms with Crippen LogP contribution in [0.25, 0.3) is 0 Å². The first-order valence-corrected chi connectivity index (χ1v) is 15.4. The quantitative estimate of drug-likeness (QED) is 0.250. The maximum Gasteiger partial charge on any atom is 0.302 e. The Kier molecular flexibility index (Phi) is 10.5. The molecule has 7 heteroatoms. The van der Waals surface area contributed by atoms with Gasteiger partial charge < -0.3 is 26.6 Å². The van der Waals surface area contributed by atoms with Gasteiger partial charge in [-0.2, -0.15) is 5.92 Å². The standard InChI is InChI=1S/C33H55O5.2Ac/c1-20-11-14-29(7)23(27(20,3)4)12-15-30(8)24(29)19-22(37-21(2)34)26-31(30,9)17-18-33(26,36)32(10)16-13-25(38-32)28(5,6)35;;/h20,22-26,35-36H,1,11-19H2,2-10H3;;/q-1;;/t20-,22-,23?,24?,25+,26?,29+,30-,31-,32?,33-;;/m1../s1. The number of aliphatic hydroxyl groups is 2. The largest absolute Gasteiger partial charge is 0.462 e. The van der Waals surface area contributed by atoms with Crippen molar-refractivity contribution in [2.24, 2.45) is 45.3 Å². The van der Waals surface area contributed by atoms with E-state index in [9.17, 15) is 15.0 Å². The van der Waals surface area contributed by atoms with Gasteiger partial charge in [0.25, 0.3) is 0 Å². The normalized spacial score (nSPS) is 51.4. The molecule has 5 nitrogen and oxygen atoms in total. The molecule has 1 saturated heterocycles. The van der Waals surface area contributed by atoms with Crippen LogP contribution in [-0.4, -0.2) is 45.2 Å². The average Bonchev–Trinajstić information content (AvgIpc) is 3.34. The second-order valence-corrected chi connectivity index (χ2v) is 16.4. The van der Waals surface area contributed by atoms with E-state index in [1.54, 1.807) is 13.8 Å². The summed E-state index contributed by atoms with van der Waals surface area (Å²) in [6.07, 6.45) is 7.70. The molecule has 1 aliphatic heterocycles. The zero-order chi connectivity index (χ0) is 28.3. The summed E-state index contributed by atoms with van der Waals surface area (Å²) in [4.78, 5) is 12.6. The van der Waals surface area contributed by atoms with Crippen LogP contribution < -0.4 is 0 Å². The van der Waals surface area contributed by atoms with Crippen LogP contribution in [0.3, 0.4) is 0 Å². The van der Waals surface area contributed by atoms with Crippen LogP contribution >= 0.6 is 0 Å². The summed E-state index contributed by atoms with van der Waals surface area (Å²) in [5, 5.41) is 23.5. The maximum absolute atomic E-state index is 12.8. The number of carbonyl (C=O) groups excluding carboxylic acids is 1. The van der Waals surface area contributed by atoms with Crippen LogP contribution in [0.15, 0.2) is 0 Å². The number of esters is 1. The topological polar surface area (TPSA) is 76.0 Å². The molecule has 224 valence electrons. The molecule has 0 amide bonds. The number of hydrogen-bond donors (Lipinski definition) is 2. The summed E-state index contributed by atoms with van der Waals surface area (Å²) >= 11 is 0. The second-order valence-electron chi connectivity index (χ2n) is 16.4. The number of ether oxygens (including phenoxy) is 2. The SMILES string of the molecule is [Ac].[Ac].[CH2-][C@@H]1CC[C@@]2(C)C(CC[C@]3(C)C2C[C@@H](OC(C)=O)C2[C@@](O)(C4(C)CC[C@@H](C(C)(C)O)O4)CC[C@]23C)C1(C)C. The van der Waals surface area contributed by atoms with E-state index >= 15 is 0 Å². The predicted octanol–water partition coefficient (Wildman–Crippen LogP) is 6.49. The maximum atomic E-state index is 12.8. The van der Waals surface area contributed by atoms with Gasteiger partial charge in [0.15, 0.2) is 0 Å². The Bertz CT molecular complexity index is 980. The molecule has 2 radical (unpaired) electrons. The molecule has 0 aromatic heterocycles. The Morgan fingerprint density at radius 2 is 1.52 bits per heavy atom. The van der Waals surface area contributed by atoms with Gasteiger partial charge >= 0.3 is 5.97 Å². The first-order valence-electron chi connectivity index (χ1n) is 15.4. The second kappa shape index (κ2) is 11.5. The fourth-order valence-corrected chi connectivity index (χ4v) is 11.4. The molecular formula is C33H55Ac2O5-. The van der Waals surface area contributed by atoms with E-state index in [1.807, 2.05) is 6.92 Å². The van der Waals surface area contributed by atoms with Crippen molar-refractivity contribution in [3.63, 3.8) is 0 Å². The van der Waals surface area contributed by atoms with Gasteiger partial charge in [-0.15, -0.1) is 0 Å². The Morgan fingerprint density at radius 3 is 2.08 bits per heavy atom. The van der Waals surface area contributed by atoms with Gasteiger partial charge in [-0.05, 0) is 100 Å². The zero-order valence-corrected chi connectivity index (χ0v) is 36.3. The summed E-state index contributed by atoms with van der Waals surface area (Å²) in [6, 6.07) is 0. The minimum absolute atomic E-state index is 0. The van der Waals surface area contributed by atoms with E-state index in [4.69, 9.17) is 9.47 Å². The molecule has 40 heavy (non-hydrogen) atoms. The molecule has 0 aromatic carbocycles. The van der Waals surface area contributed by atoms with Crippen molar-refractivity contribution >= 4 is 5.97 Å². The Morgan fingerprint density at radius 1 is 0.900 bits per heavy atom. The molecule has 4 saturated carbocycles. The number of carbonyl (C=O) groups is 1. The molecule has 5 aliphatic rings. The van der Waals surface area contributed by atoms with E-state index in [-0.39, 0.29) is 134 Å². The number of fused-ring (bicyclic) bond motifs is 5. The average molecular weight is 986 g/mol. The predicted molar refractivity (Wildman–Crippen MR) is 149 cm³/mol. The Hall–Kier alpha value is 2.23. The van der Waals surface area contributed by atoms with Crippen LogP contribution in [0.2, 0.25) is 0 Å². The summed E-state index contributed by atoms with van der Waals surface area (Å²) in [7, 11) is 0. The number of hydrogen-bond acceptors (Lipinski definition) is 5. The molecule has 0 aromatic rings. The molecule has 4 unspecified atom stereocenters. The first-order chi connectivity index (χ1) is 17.3. The molecule has 5 rings (SSSR count). The van der Waals surface area contributed by atoms with Crippen molar-refractivity contribution in [1.29, 1.82) is 0 Å². The fourth-order valence-electron chi connectivity index (χ4n) is 11.4. The van der Waals surface area contributed by atoms with Crippen molar-refractivity contribution in [2.75, 3.05) is 0 Å². The monoisotopic (exact) mass is 985 g/mol. The Labute approximate surface area is 315 Å². The van der Waals surface area contributed by atoms with Gasteiger partial charge in [0.1, 0.15) is 11.7 Å². The van der Waals surface area contributed by atoms with Gasteiger partial charge in [-0.3, -0.25) is 4.79 Å². The van der Waals surface area contributed by atoms with E-state index in [1.165, 1.54) is 19.8 Å². The third kappa shape index (κ3) is 5.10. The molecule has 11 atom stereocenters. The van der Waals surface area contributed by atoms with Crippen LogP contribution in [0.4, 0.5) is 0 Å². The van der Waals surface area contributed by atoms with Crippen LogP contribution in [0.1, 0.15) is 120 Å². The summed E-state index contributed by atoms with van der Waals surface area (Å²) in [5.41, 5.74) is -2.73. The van der Waals surface area contributed by atoms with E-state index in [0.29, 0.717) is 37.0 Å². The fraction of sp³-hybridized carbons (Fsp3) is 0.939. The molecule has 0 bridgehead atoms. The van der Waals surface area contributed by atoms with E-state index in [0.717, 1.165) is 25.7 Å². The smallest absolute Gasteiger partial charge is 0.302 e. The summed E-state index contributed by atoms with van der Waals surface area (Å²) in [5.74, 6) is 0.992. The molecule has 2 N–H and O–H groups in total. The van der Waals surface area contributed by atoms with Crippen molar-refractivity contribution in [2.45, 2.75) is 149 Å². The van der Waals surface area contributed by atoms with Gasteiger partial charge in [0, 0.05) is 101 Å². The van der Waals surface area contributed by atoms with Crippen LogP contribution in [0, 0.1) is 140 Å². The van der Waals surface area contributed by atoms with E-state index in [2.05, 4.69) is 41.5 Å². The third-order valence-corrected chi connectivity index (χ3v) is 14.0. The summed E-state index contributed by atoms with van der Waals surface area (Å²) < 4.78 is 12.9. The van der Waals surface area contributed by atoms with Crippen molar-refractivity contribution in [3.05, 3.63) is 6.92 Å². The van der Waals surface area contributed by atoms with Crippen molar-refractivity contribution < 1.29 is 113 Å². The molecule has 4 aliphatic carbocycles. The molecule has 0 spiro atoms.